The van der Waals surface area contributed by atoms with Crippen molar-refractivity contribution in [1.29, 1.82) is 0 Å². The molecular formula is C3H2FLiO. The Kier molecular flexibility index (Phi) is 2.15. The molecule has 1 nitrogen and oxygen atoms in total. The molecule has 0 aliphatic heterocycles. The summed E-state index contributed by atoms with van der Waals surface area (Å²) >= 11 is 1.32. The molecule has 0 atom stereocenters. The second-order valence-corrected chi connectivity index (χ2v) is 1.05. The summed E-state index contributed by atoms with van der Waals surface area (Å²) in [5, 5.41) is 0. The van der Waals surface area contributed by atoms with Crippen LogP contribution in [-0.2, 0) is 4.79 Å². The molecule has 0 aromatic carbocycles. The standard InChI is InChI=1S/C3H2FO.Li/c1-2-3(4)5;/h1H2;. The number of hydrogen-bond donors (Lipinski definition) is 0. The third kappa shape index (κ3) is 2.19. The number of carbonyl (C=O) groups excluding carboxylic acids is 1. The van der Waals surface area contributed by atoms with Gasteiger partial charge < -0.3 is 0 Å². The van der Waals surface area contributed by atoms with Gasteiger partial charge in [-0.15, -0.1) is 0 Å². The van der Waals surface area contributed by atoms with Gasteiger partial charge in [-0.3, -0.25) is 0 Å². The number of hydrogen-bond acceptors (Lipinski definition) is 1. The molecule has 0 N–H and O–H groups in total. The van der Waals surface area contributed by atoms with E-state index in [9.17, 15) is 9.18 Å². The van der Waals surface area contributed by atoms with Gasteiger partial charge >= 0.3 is 43.8 Å². The van der Waals surface area contributed by atoms with E-state index in [0.717, 1.165) is 0 Å². The number of carbonyl (C=O) groups is 1. The molecule has 0 saturated carbocycles. The van der Waals surface area contributed by atoms with Crippen LogP contribution in [0.2, 0.25) is 0 Å². The molecule has 0 rings (SSSR count). The van der Waals surface area contributed by atoms with Crippen molar-refractivity contribution in [2.24, 2.45) is 0 Å². The molecule has 0 radical (unpaired) electrons. The van der Waals surface area contributed by atoms with Crippen molar-refractivity contribution < 1.29 is 9.18 Å². The average molecular weight is 80.0 g/mol. The quantitative estimate of drug-likeness (QED) is 0.249. The Morgan fingerprint density at radius 2 is 2.00 bits per heavy atom. The van der Waals surface area contributed by atoms with E-state index in [1.54, 1.807) is 0 Å². The zero-order valence-electron chi connectivity index (χ0n) is 3.49. The van der Waals surface area contributed by atoms with Gasteiger partial charge in [0.25, 0.3) is 0 Å². The van der Waals surface area contributed by atoms with Crippen molar-refractivity contribution in [1.82, 2.24) is 0 Å². The summed E-state index contributed by atoms with van der Waals surface area (Å²) in [4.78, 5) is 9.38. The molecule has 6 heavy (non-hydrogen) atoms. The van der Waals surface area contributed by atoms with Crippen LogP contribution in [-0.4, -0.2) is 23.8 Å². The zero-order valence-corrected chi connectivity index (χ0v) is 3.49. The Balaban J connectivity index is 3.57. The predicted octanol–water partition coefficient (Wildman–Crippen LogP) is 0.165. The van der Waals surface area contributed by atoms with Crippen molar-refractivity contribution in [3.63, 3.8) is 0 Å². The van der Waals surface area contributed by atoms with Crippen molar-refractivity contribution >= 4 is 23.8 Å². The van der Waals surface area contributed by atoms with Crippen LogP contribution in [0.5, 0.6) is 0 Å². The molecule has 0 fully saturated rings. The molecular weight excluding hydrogens is 78.0 g/mol. The van der Waals surface area contributed by atoms with Crippen LogP contribution in [0.15, 0.2) is 10.8 Å². The van der Waals surface area contributed by atoms with E-state index in [-0.39, 0.29) is 4.25 Å². The summed E-state index contributed by atoms with van der Waals surface area (Å²) < 4.78 is 11.0. The molecule has 0 saturated heterocycles. The molecule has 0 aromatic heterocycles. The Morgan fingerprint density at radius 3 is 2.00 bits per heavy atom. The molecule has 0 unspecified atom stereocenters. The number of allylic oxidation sites excluding steroid dienone is 1. The van der Waals surface area contributed by atoms with E-state index >= 15 is 0 Å². The van der Waals surface area contributed by atoms with Gasteiger partial charge in [-0.05, 0) is 0 Å². The van der Waals surface area contributed by atoms with Crippen LogP contribution in [0.4, 0.5) is 4.39 Å². The first kappa shape index (κ1) is 5.94. The van der Waals surface area contributed by atoms with E-state index < -0.39 is 6.04 Å². The Hall–Kier alpha value is -0.0626. The fourth-order valence-electron chi connectivity index (χ4n) is 0. The SMILES string of the molecule is [Li][C](=C)C(=O)F. The average Bonchev–Trinajstić information content (AvgIpc) is 1.36. The monoisotopic (exact) mass is 80.0 g/mol. The van der Waals surface area contributed by atoms with Crippen LogP contribution < -0.4 is 0 Å². The van der Waals surface area contributed by atoms with Gasteiger partial charge in [0.15, 0.2) is 0 Å². The van der Waals surface area contributed by atoms with E-state index in [0.29, 0.717) is 0 Å². The van der Waals surface area contributed by atoms with Gasteiger partial charge in [0.1, 0.15) is 0 Å². The van der Waals surface area contributed by atoms with Crippen LogP contribution in [0.3, 0.4) is 0 Å². The second kappa shape index (κ2) is 2.17. The minimum atomic E-state index is -1.44. The van der Waals surface area contributed by atoms with Crippen LogP contribution in [0.1, 0.15) is 0 Å². The third-order valence-electron chi connectivity index (χ3n) is 0.336. The molecule has 0 bridgehead atoms. The summed E-state index contributed by atoms with van der Waals surface area (Å²) in [7, 11) is 0. The molecule has 0 heterocycles. The van der Waals surface area contributed by atoms with Gasteiger partial charge in [0, 0.05) is 0 Å². The maximum absolute atomic E-state index is 11.1. The number of rotatable bonds is 1. The summed E-state index contributed by atoms with van der Waals surface area (Å²) in [6, 6.07) is -1.44. The predicted molar refractivity (Wildman–Crippen MR) is 21.0 cm³/mol. The molecule has 0 amide bonds. The summed E-state index contributed by atoms with van der Waals surface area (Å²) in [5.74, 6) is 0. The normalized spacial score (nSPS) is 7.83. The van der Waals surface area contributed by atoms with Crippen LogP contribution >= 0.6 is 0 Å². The Morgan fingerprint density at radius 1 is 1.83 bits per heavy atom. The molecule has 0 aliphatic carbocycles. The van der Waals surface area contributed by atoms with Crippen LogP contribution in [0, 0.1) is 0 Å². The van der Waals surface area contributed by atoms with Crippen molar-refractivity contribution in [2.75, 3.05) is 0 Å². The van der Waals surface area contributed by atoms with Crippen LogP contribution in [0.25, 0.3) is 0 Å². The Bertz CT molecular complexity index is 76.8. The summed E-state index contributed by atoms with van der Waals surface area (Å²) in [6.07, 6.45) is 0. The van der Waals surface area contributed by atoms with E-state index in [2.05, 4.69) is 6.58 Å². The number of halogens is 1. The molecule has 0 aromatic rings. The Labute approximate surface area is 44.4 Å². The fourth-order valence-corrected chi connectivity index (χ4v) is 0. The molecule has 0 spiro atoms. The minimum absolute atomic E-state index is 0.0463. The molecule has 28 valence electrons. The van der Waals surface area contributed by atoms with E-state index in [1.807, 2.05) is 0 Å². The van der Waals surface area contributed by atoms with E-state index in [4.69, 9.17) is 0 Å². The first-order chi connectivity index (χ1) is 2.64. The van der Waals surface area contributed by atoms with Crippen molar-refractivity contribution in [2.45, 2.75) is 0 Å². The maximum atomic E-state index is 11.1. The van der Waals surface area contributed by atoms with E-state index in [1.165, 1.54) is 17.7 Å². The topological polar surface area (TPSA) is 17.1 Å². The van der Waals surface area contributed by atoms with Crippen molar-refractivity contribution in [3.05, 3.63) is 10.8 Å². The first-order valence-corrected chi connectivity index (χ1v) is 1.50. The second-order valence-electron chi connectivity index (χ2n) is 1.05. The summed E-state index contributed by atoms with van der Waals surface area (Å²) in [6.45, 7) is 3.03. The van der Waals surface area contributed by atoms with Gasteiger partial charge in [0.05, 0.1) is 0 Å². The van der Waals surface area contributed by atoms with Gasteiger partial charge in [-0.25, -0.2) is 0 Å². The van der Waals surface area contributed by atoms with Crippen molar-refractivity contribution in [3.8, 4) is 0 Å². The molecule has 0 aliphatic rings. The van der Waals surface area contributed by atoms with Gasteiger partial charge in [-0.1, -0.05) is 0 Å². The summed E-state index contributed by atoms with van der Waals surface area (Å²) in [5.41, 5.74) is 0. The third-order valence-corrected chi connectivity index (χ3v) is 0.336. The molecule has 3 heteroatoms. The zero-order chi connectivity index (χ0) is 5.15. The van der Waals surface area contributed by atoms with Gasteiger partial charge in [0.2, 0.25) is 0 Å². The fraction of sp³-hybridized carbons (Fsp3) is 0. The first-order valence-electron chi connectivity index (χ1n) is 1.50. The van der Waals surface area contributed by atoms with Gasteiger partial charge in [-0.2, -0.15) is 0 Å².